The molecular weight excluding hydrogens is 176 g/mol. The van der Waals surface area contributed by atoms with E-state index in [4.69, 9.17) is 4.74 Å². The Hall–Kier alpha value is -1.31. The van der Waals surface area contributed by atoms with Gasteiger partial charge in [-0.2, -0.15) is 0 Å². The van der Waals surface area contributed by atoms with Crippen molar-refractivity contribution in [3.8, 4) is 0 Å². The molecule has 1 rings (SSSR count). The predicted molar refractivity (Wildman–Crippen MR) is 55.4 cm³/mol. The second kappa shape index (κ2) is 5.43. The normalized spacial score (nSPS) is 12.1. The van der Waals surface area contributed by atoms with Crippen LogP contribution in [0, 0.1) is 12.8 Å². The minimum absolute atomic E-state index is 0.112. The van der Waals surface area contributed by atoms with Gasteiger partial charge in [0.1, 0.15) is 6.61 Å². The van der Waals surface area contributed by atoms with Crippen molar-refractivity contribution in [1.29, 1.82) is 0 Å². The molecule has 0 saturated heterocycles. The van der Waals surface area contributed by atoms with Gasteiger partial charge < -0.3 is 4.74 Å². The summed E-state index contributed by atoms with van der Waals surface area (Å²) in [6.45, 7) is 5.83. The number of esters is 1. The van der Waals surface area contributed by atoms with Crippen LogP contribution in [0.3, 0.4) is 0 Å². The summed E-state index contributed by atoms with van der Waals surface area (Å²) < 4.78 is 5.10. The van der Waals surface area contributed by atoms with Gasteiger partial charge in [0.15, 0.2) is 0 Å². The summed E-state index contributed by atoms with van der Waals surface area (Å²) in [5, 5.41) is 0. The molecule has 0 heterocycles. The van der Waals surface area contributed by atoms with Crippen LogP contribution in [0.15, 0.2) is 30.3 Å². The molecule has 14 heavy (non-hydrogen) atoms. The number of carbonyl (C=O) groups excluding carboxylic acids is 1. The van der Waals surface area contributed by atoms with Crippen LogP contribution in [0.5, 0.6) is 0 Å². The van der Waals surface area contributed by atoms with Crippen LogP contribution in [-0.4, -0.2) is 5.97 Å². The van der Waals surface area contributed by atoms with Gasteiger partial charge >= 0.3 is 5.97 Å². The van der Waals surface area contributed by atoms with E-state index in [9.17, 15) is 4.79 Å². The molecule has 1 atom stereocenters. The zero-order valence-corrected chi connectivity index (χ0v) is 8.40. The number of ether oxygens (including phenoxy) is 1. The summed E-state index contributed by atoms with van der Waals surface area (Å²) in [5.74, 6) is -0.289. The highest BCUT2D eigenvalue weighted by molar-refractivity contribution is 5.71. The SMILES string of the molecule is [CH2]CC(C)C(=O)OCc1ccccc1. The highest BCUT2D eigenvalue weighted by Crippen LogP contribution is 2.06. The Labute approximate surface area is 84.9 Å². The Morgan fingerprint density at radius 1 is 1.43 bits per heavy atom. The summed E-state index contributed by atoms with van der Waals surface area (Å²) in [6.07, 6.45) is 0.577. The largest absolute Gasteiger partial charge is 0.461 e. The highest BCUT2D eigenvalue weighted by atomic mass is 16.5. The van der Waals surface area contributed by atoms with E-state index in [0.29, 0.717) is 13.0 Å². The van der Waals surface area contributed by atoms with Crippen molar-refractivity contribution < 1.29 is 9.53 Å². The Balaban J connectivity index is 2.38. The molecule has 1 unspecified atom stereocenters. The standard InChI is InChI=1S/C12H15O2/c1-3-10(2)12(13)14-9-11-7-5-4-6-8-11/h4-8,10H,1,3,9H2,2H3. The molecule has 2 nitrogen and oxygen atoms in total. The Morgan fingerprint density at radius 2 is 2.07 bits per heavy atom. The minimum Gasteiger partial charge on any atom is -0.461 e. The molecule has 75 valence electrons. The van der Waals surface area contributed by atoms with Crippen molar-refractivity contribution in [1.82, 2.24) is 0 Å². The molecule has 0 aromatic heterocycles. The lowest BCUT2D eigenvalue weighted by Crippen LogP contribution is -2.13. The van der Waals surface area contributed by atoms with Crippen molar-refractivity contribution >= 4 is 5.97 Å². The van der Waals surface area contributed by atoms with E-state index in [-0.39, 0.29) is 11.9 Å². The lowest BCUT2D eigenvalue weighted by Gasteiger charge is -2.08. The first kappa shape index (κ1) is 10.8. The zero-order valence-electron chi connectivity index (χ0n) is 8.40. The Kier molecular flexibility index (Phi) is 4.17. The molecule has 0 fully saturated rings. The monoisotopic (exact) mass is 191 g/mol. The third-order valence-corrected chi connectivity index (χ3v) is 2.06. The second-order valence-corrected chi connectivity index (χ2v) is 3.28. The van der Waals surface area contributed by atoms with Gasteiger partial charge in [0.05, 0.1) is 5.92 Å². The summed E-state index contributed by atoms with van der Waals surface area (Å²) in [6, 6.07) is 9.65. The highest BCUT2D eigenvalue weighted by Gasteiger charge is 2.11. The van der Waals surface area contributed by atoms with Gasteiger partial charge in [0.2, 0.25) is 0 Å². The molecule has 0 saturated carbocycles. The molecule has 0 N–H and O–H groups in total. The van der Waals surface area contributed by atoms with E-state index in [1.54, 1.807) is 0 Å². The van der Waals surface area contributed by atoms with Crippen molar-refractivity contribution in [2.24, 2.45) is 5.92 Å². The molecule has 0 amide bonds. The topological polar surface area (TPSA) is 26.3 Å². The smallest absolute Gasteiger partial charge is 0.308 e. The third-order valence-electron chi connectivity index (χ3n) is 2.06. The summed E-state index contributed by atoms with van der Waals surface area (Å²) in [7, 11) is 0. The number of hydrogen-bond acceptors (Lipinski definition) is 2. The number of rotatable bonds is 4. The van der Waals surface area contributed by atoms with E-state index in [0.717, 1.165) is 5.56 Å². The molecule has 0 aliphatic carbocycles. The minimum atomic E-state index is -0.177. The van der Waals surface area contributed by atoms with Crippen molar-refractivity contribution in [2.45, 2.75) is 20.0 Å². The fourth-order valence-electron chi connectivity index (χ4n) is 0.989. The third kappa shape index (κ3) is 3.21. The maximum absolute atomic E-state index is 11.3. The first-order valence-corrected chi connectivity index (χ1v) is 4.74. The van der Waals surface area contributed by atoms with Crippen LogP contribution in [0.25, 0.3) is 0 Å². The van der Waals surface area contributed by atoms with Crippen molar-refractivity contribution in [3.63, 3.8) is 0 Å². The molecule has 1 aromatic rings. The molecule has 0 bridgehead atoms. The molecule has 2 heteroatoms. The average molecular weight is 191 g/mol. The van der Waals surface area contributed by atoms with E-state index in [2.05, 4.69) is 6.92 Å². The fourth-order valence-corrected chi connectivity index (χ4v) is 0.989. The second-order valence-electron chi connectivity index (χ2n) is 3.28. The van der Waals surface area contributed by atoms with Crippen LogP contribution >= 0.6 is 0 Å². The summed E-state index contributed by atoms with van der Waals surface area (Å²) in [5.41, 5.74) is 1.01. The molecular formula is C12H15O2. The van der Waals surface area contributed by atoms with Crippen molar-refractivity contribution in [3.05, 3.63) is 42.8 Å². The Bertz CT molecular complexity index is 280. The number of carbonyl (C=O) groups is 1. The average Bonchev–Trinajstić information content (AvgIpc) is 2.26. The van der Waals surface area contributed by atoms with Crippen molar-refractivity contribution in [2.75, 3.05) is 0 Å². The van der Waals surface area contributed by atoms with Crippen LogP contribution < -0.4 is 0 Å². The van der Waals surface area contributed by atoms with E-state index in [1.165, 1.54) is 0 Å². The van der Waals surface area contributed by atoms with Gasteiger partial charge in [-0.3, -0.25) is 4.79 Å². The van der Waals surface area contributed by atoms with Gasteiger partial charge in [0.25, 0.3) is 0 Å². The maximum atomic E-state index is 11.3. The summed E-state index contributed by atoms with van der Waals surface area (Å²) in [4.78, 5) is 11.3. The van der Waals surface area contributed by atoms with Gasteiger partial charge in [-0.15, -0.1) is 0 Å². The first-order chi connectivity index (χ1) is 6.74. The van der Waals surface area contributed by atoms with Gasteiger partial charge in [-0.05, 0) is 12.0 Å². The van der Waals surface area contributed by atoms with Crippen LogP contribution in [-0.2, 0) is 16.1 Å². The van der Waals surface area contributed by atoms with E-state index in [1.807, 2.05) is 37.3 Å². The molecule has 0 aliphatic heterocycles. The molecule has 1 radical (unpaired) electrons. The lowest BCUT2D eigenvalue weighted by atomic mass is 10.1. The van der Waals surface area contributed by atoms with Crippen LogP contribution in [0.2, 0.25) is 0 Å². The molecule has 1 aromatic carbocycles. The predicted octanol–water partition coefficient (Wildman–Crippen LogP) is 2.59. The Morgan fingerprint density at radius 3 is 2.64 bits per heavy atom. The van der Waals surface area contributed by atoms with Gasteiger partial charge in [-0.25, -0.2) is 0 Å². The van der Waals surface area contributed by atoms with Crippen LogP contribution in [0.4, 0.5) is 0 Å². The van der Waals surface area contributed by atoms with Gasteiger partial charge in [0, 0.05) is 0 Å². The lowest BCUT2D eigenvalue weighted by molar-refractivity contribution is -0.149. The van der Waals surface area contributed by atoms with E-state index >= 15 is 0 Å². The molecule has 0 aliphatic rings. The maximum Gasteiger partial charge on any atom is 0.308 e. The zero-order chi connectivity index (χ0) is 10.4. The van der Waals surface area contributed by atoms with Gasteiger partial charge in [-0.1, -0.05) is 44.2 Å². The number of hydrogen-bond donors (Lipinski definition) is 0. The number of benzene rings is 1. The van der Waals surface area contributed by atoms with Crippen LogP contribution in [0.1, 0.15) is 18.9 Å². The fraction of sp³-hybridized carbons (Fsp3) is 0.333. The summed E-state index contributed by atoms with van der Waals surface area (Å²) >= 11 is 0. The first-order valence-electron chi connectivity index (χ1n) is 4.74. The quantitative estimate of drug-likeness (QED) is 0.684. The molecule has 0 spiro atoms. The van der Waals surface area contributed by atoms with E-state index < -0.39 is 0 Å².